The molecule has 1 aromatic heterocycles. The maximum atomic E-state index is 12.3. The van der Waals surface area contributed by atoms with E-state index in [-0.39, 0.29) is 5.91 Å². The zero-order valence-corrected chi connectivity index (χ0v) is 15.5. The van der Waals surface area contributed by atoms with E-state index in [1.807, 2.05) is 0 Å². The van der Waals surface area contributed by atoms with Gasteiger partial charge in [0.25, 0.3) is 5.91 Å². The molecule has 0 radical (unpaired) electrons. The molecular formula is C19H24N4O3. The summed E-state index contributed by atoms with van der Waals surface area (Å²) in [6.07, 6.45) is 0.910. The molecule has 26 heavy (non-hydrogen) atoms. The van der Waals surface area contributed by atoms with Crippen LogP contribution in [0.15, 0.2) is 30.3 Å². The van der Waals surface area contributed by atoms with Crippen molar-refractivity contribution in [1.82, 2.24) is 15.3 Å². The molecule has 1 heterocycles. The number of amides is 1. The number of benzene rings is 1. The number of rotatable bonds is 7. The van der Waals surface area contributed by atoms with Gasteiger partial charge < -0.3 is 15.4 Å². The predicted octanol–water partition coefficient (Wildman–Crippen LogP) is 3.09. The van der Waals surface area contributed by atoms with Gasteiger partial charge in [0.05, 0.1) is 12.7 Å². The van der Waals surface area contributed by atoms with E-state index in [1.54, 1.807) is 37.3 Å². The van der Waals surface area contributed by atoms with Crippen LogP contribution in [0.5, 0.6) is 0 Å². The first kappa shape index (κ1) is 19.4. The number of ether oxygens (including phenoxy) is 1. The zero-order valence-electron chi connectivity index (χ0n) is 15.5. The Bertz CT molecular complexity index is 773. The Morgan fingerprint density at radius 3 is 2.46 bits per heavy atom. The average Bonchev–Trinajstić information content (AvgIpc) is 2.60. The van der Waals surface area contributed by atoms with Crippen LogP contribution in [0.4, 0.5) is 11.5 Å². The van der Waals surface area contributed by atoms with E-state index < -0.39 is 5.97 Å². The van der Waals surface area contributed by atoms with Crippen molar-refractivity contribution in [3.8, 4) is 0 Å². The Morgan fingerprint density at radius 2 is 1.85 bits per heavy atom. The Hall–Kier alpha value is -2.96. The number of esters is 1. The summed E-state index contributed by atoms with van der Waals surface area (Å²) in [5.41, 5.74) is 1.51. The van der Waals surface area contributed by atoms with Crippen LogP contribution in [0.3, 0.4) is 0 Å². The van der Waals surface area contributed by atoms with E-state index in [1.165, 1.54) is 7.11 Å². The summed E-state index contributed by atoms with van der Waals surface area (Å²) in [5.74, 6) is 0.912. The average molecular weight is 356 g/mol. The van der Waals surface area contributed by atoms with Crippen molar-refractivity contribution in [3.63, 3.8) is 0 Å². The zero-order chi connectivity index (χ0) is 19.1. The van der Waals surface area contributed by atoms with Crippen molar-refractivity contribution in [1.29, 1.82) is 0 Å². The fourth-order valence-corrected chi connectivity index (χ4v) is 2.27. The van der Waals surface area contributed by atoms with Crippen molar-refractivity contribution in [3.05, 3.63) is 47.4 Å². The molecule has 2 aromatic rings. The topological polar surface area (TPSA) is 93.2 Å². The second-order valence-electron chi connectivity index (χ2n) is 6.32. The highest BCUT2D eigenvalue weighted by Gasteiger charge is 2.11. The van der Waals surface area contributed by atoms with Crippen molar-refractivity contribution in [2.24, 2.45) is 5.92 Å². The minimum absolute atomic E-state index is 0.222. The van der Waals surface area contributed by atoms with Gasteiger partial charge in [-0.2, -0.15) is 0 Å². The maximum absolute atomic E-state index is 12.3. The van der Waals surface area contributed by atoms with E-state index in [9.17, 15) is 9.59 Å². The fourth-order valence-electron chi connectivity index (χ4n) is 2.27. The van der Waals surface area contributed by atoms with Gasteiger partial charge in [-0.05, 0) is 43.5 Å². The molecule has 0 saturated heterocycles. The van der Waals surface area contributed by atoms with Gasteiger partial charge in [0.1, 0.15) is 17.3 Å². The Labute approximate surface area is 153 Å². The second-order valence-corrected chi connectivity index (χ2v) is 6.32. The number of nitrogens with zero attached hydrogens (tertiary/aromatic N) is 2. The Kier molecular flexibility index (Phi) is 6.66. The molecule has 0 aliphatic carbocycles. The molecule has 1 amide bonds. The molecule has 0 aliphatic heterocycles. The number of carbonyl (C=O) groups is 2. The molecule has 2 N–H and O–H groups in total. The van der Waals surface area contributed by atoms with Gasteiger partial charge in [-0.15, -0.1) is 0 Å². The monoisotopic (exact) mass is 356 g/mol. The van der Waals surface area contributed by atoms with Gasteiger partial charge in [-0.25, -0.2) is 14.8 Å². The van der Waals surface area contributed by atoms with E-state index >= 15 is 0 Å². The lowest BCUT2D eigenvalue weighted by molar-refractivity contribution is 0.0600. The highest BCUT2D eigenvalue weighted by Crippen LogP contribution is 2.17. The Balaban J connectivity index is 2.09. The van der Waals surface area contributed by atoms with Gasteiger partial charge in [-0.3, -0.25) is 4.79 Å². The first-order valence-corrected chi connectivity index (χ1v) is 8.48. The molecule has 2 rings (SSSR count). The number of nitrogens with one attached hydrogen (secondary N) is 2. The van der Waals surface area contributed by atoms with Gasteiger partial charge >= 0.3 is 5.97 Å². The van der Waals surface area contributed by atoms with Crippen LogP contribution in [0.2, 0.25) is 0 Å². The maximum Gasteiger partial charge on any atom is 0.337 e. The van der Waals surface area contributed by atoms with Gasteiger partial charge in [0, 0.05) is 18.3 Å². The summed E-state index contributed by atoms with van der Waals surface area (Å²) in [7, 11) is 1.34. The predicted molar refractivity (Wildman–Crippen MR) is 99.6 cm³/mol. The number of hydrogen-bond acceptors (Lipinski definition) is 6. The van der Waals surface area contributed by atoms with Gasteiger partial charge in [0.15, 0.2) is 0 Å². The molecule has 7 nitrogen and oxygen atoms in total. The molecule has 0 fully saturated rings. The summed E-state index contributed by atoms with van der Waals surface area (Å²) in [4.78, 5) is 32.2. The molecule has 0 saturated carbocycles. The van der Waals surface area contributed by atoms with E-state index in [2.05, 4.69) is 39.2 Å². The number of aromatic nitrogens is 2. The lowest BCUT2D eigenvalue weighted by atomic mass is 10.1. The standard InChI is InChI=1S/C19H24N4O3/c1-12(2)9-10-20-18(24)16-11-17(22-13(3)21-16)23-15-7-5-14(6-8-15)19(25)26-4/h5-8,11-12H,9-10H2,1-4H3,(H,20,24)(H,21,22,23). The number of methoxy groups -OCH3 is 1. The first-order chi connectivity index (χ1) is 12.4. The van der Waals surface area contributed by atoms with Crippen LogP contribution < -0.4 is 10.6 Å². The summed E-state index contributed by atoms with van der Waals surface area (Å²) in [5, 5.41) is 5.98. The van der Waals surface area contributed by atoms with Crippen molar-refractivity contribution in [2.45, 2.75) is 27.2 Å². The molecule has 138 valence electrons. The minimum Gasteiger partial charge on any atom is -0.465 e. The second kappa shape index (κ2) is 8.94. The highest BCUT2D eigenvalue weighted by atomic mass is 16.5. The lowest BCUT2D eigenvalue weighted by Gasteiger charge is -2.10. The SMILES string of the molecule is COC(=O)c1ccc(Nc2cc(C(=O)NCCC(C)C)nc(C)n2)cc1. The largest absolute Gasteiger partial charge is 0.465 e. The van der Waals surface area contributed by atoms with Crippen LogP contribution in [0.1, 0.15) is 46.9 Å². The highest BCUT2D eigenvalue weighted by molar-refractivity contribution is 5.93. The third-order valence-corrected chi connectivity index (χ3v) is 3.66. The van der Waals surface area contributed by atoms with Gasteiger partial charge in [0.2, 0.25) is 0 Å². The molecule has 0 bridgehead atoms. The number of carbonyl (C=O) groups excluding carboxylic acids is 2. The van der Waals surface area contributed by atoms with Crippen molar-refractivity contribution in [2.75, 3.05) is 19.0 Å². The number of anilines is 2. The molecular weight excluding hydrogens is 332 g/mol. The summed E-state index contributed by atoms with van der Waals surface area (Å²) >= 11 is 0. The first-order valence-electron chi connectivity index (χ1n) is 8.48. The van der Waals surface area contributed by atoms with Crippen LogP contribution in [0.25, 0.3) is 0 Å². The van der Waals surface area contributed by atoms with Crippen molar-refractivity contribution < 1.29 is 14.3 Å². The molecule has 0 aliphatic rings. The third kappa shape index (κ3) is 5.54. The summed E-state index contributed by atoms with van der Waals surface area (Å²) in [6, 6.07) is 8.40. The summed E-state index contributed by atoms with van der Waals surface area (Å²) < 4.78 is 4.67. The molecule has 7 heteroatoms. The normalized spacial score (nSPS) is 10.5. The quantitative estimate of drug-likeness (QED) is 0.741. The van der Waals surface area contributed by atoms with E-state index in [4.69, 9.17) is 0 Å². The lowest BCUT2D eigenvalue weighted by Crippen LogP contribution is -2.26. The summed E-state index contributed by atoms with van der Waals surface area (Å²) in [6.45, 7) is 6.55. The van der Waals surface area contributed by atoms with Crippen LogP contribution in [-0.4, -0.2) is 35.5 Å². The molecule has 0 unspecified atom stereocenters. The molecule has 1 aromatic carbocycles. The van der Waals surface area contributed by atoms with Crippen LogP contribution in [0, 0.1) is 12.8 Å². The third-order valence-electron chi connectivity index (χ3n) is 3.66. The van der Waals surface area contributed by atoms with E-state index in [0.717, 1.165) is 12.1 Å². The molecule has 0 atom stereocenters. The molecule has 0 spiro atoms. The van der Waals surface area contributed by atoms with E-state index in [0.29, 0.717) is 35.4 Å². The number of hydrogen-bond donors (Lipinski definition) is 2. The van der Waals surface area contributed by atoms with Crippen LogP contribution in [-0.2, 0) is 4.74 Å². The Morgan fingerprint density at radius 1 is 1.15 bits per heavy atom. The number of aryl methyl sites for hydroxylation is 1. The minimum atomic E-state index is -0.394. The van der Waals surface area contributed by atoms with Gasteiger partial charge in [-0.1, -0.05) is 13.8 Å². The van der Waals surface area contributed by atoms with Crippen molar-refractivity contribution >= 4 is 23.4 Å². The van der Waals surface area contributed by atoms with Crippen LogP contribution >= 0.6 is 0 Å². The fraction of sp³-hybridized carbons (Fsp3) is 0.368. The smallest absolute Gasteiger partial charge is 0.337 e.